The highest BCUT2D eigenvalue weighted by Gasteiger charge is 2.21. The number of nitrogens with zero attached hydrogens (tertiary/aromatic N) is 2. The number of carbonyl (C=O) groups excluding carboxylic acids is 1. The fraction of sp³-hybridized carbons (Fsp3) is 0.562. The predicted octanol–water partition coefficient (Wildman–Crippen LogP) is 2.58. The molecule has 1 fully saturated rings. The van der Waals surface area contributed by atoms with Gasteiger partial charge in [0, 0.05) is 32.7 Å². The molecule has 1 saturated heterocycles. The van der Waals surface area contributed by atoms with Crippen LogP contribution < -0.4 is 0 Å². The lowest BCUT2D eigenvalue weighted by Crippen LogP contribution is -2.48. The maximum atomic E-state index is 11.6. The molecule has 1 aromatic carbocycles. The van der Waals surface area contributed by atoms with Crippen LogP contribution in [0, 0.1) is 13.8 Å². The smallest absolute Gasteiger partial charge is 0.409 e. The first kappa shape index (κ1) is 14.9. The van der Waals surface area contributed by atoms with Gasteiger partial charge >= 0.3 is 6.09 Å². The molecule has 0 aromatic heterocycles. The number of amides is 1. The van der Waals surface area contributed by atoms with Gasteiger partial charge in [-0.05, 0) is 26.3 Å². The Kier molecular flexibility index (Phi) is 5.01. The lowest BCUT2D eigenvalue weighted by molar-refractivity contribution is 0.0778. The van der Waals surface area contributed by atoms with E-state index >= 15 is 0 Å². The molecular weight excluding hydrogens is 252 g/mol. The van der Waals surface area contributed by atoms with Crippen LogP contribution in [0.5, 0.6) is 0 Å². The summed E-state index contributed by atoms with van der Waals surface area (Å²) in [5.41, 5.74) is 3.97. The Morgan fingerprint density at radius 1 is 1.10 bits per heavy atom. The first-order valence-electron chi connectivity index (χ1n) is 7.29. The van der Waals surface area contributed by atoms with Gasteiger partial charge in [0.25, 0.3) is 0 Å². The molecule has 0 spiro atoms. The average Bonchev–Trinajstić information content (AvgIpc) is 2.38. The summed E-state index contributed by atoms with van der Waals surface area (Å²) in [6.45, 7) is 10.8. The van der Waals surface area contributed by atoms with Crippen LogP contribution in [0.1, 0.15) is 23.6 Å². The number of hydrogen-bond acceptors (Lipinski definition) is 3. The van der Waals surface area contributed by atoms with Crippen LogP contribution in [-0.2, 0) is 11.3 Å². The lowest BCUT2D eigenvalue weighted by atomic mass is 10.1. The Labute approximate surface area is 121 Å². The summed E-state index contributed by atoms with van der Waals surface area (Å²) in [4.78, 5) is 15.8. The number of rotatable bonds is 3. The maximum Gasteiger partial charge on any atom is 0.409 e. The molecule has 1 aliphatic rings. The summed E-state index contributed by atoms with van der Waals surface area (Å²) >= 11 is 0. The van der Waals surface area contributed by atoms with Crippen molar-refractivity contribution >= 4 is 6.09 Å². The fourth-order valence-electron chi connectivity index (χ4n) is 2.72. The van der Waals surface area contributed by atoms with Crippen molar-refractivity contribution in [2.75, 3.05) is 32.8 Å². The molecule has 1 amide bonds. The third-order valence-corrected chi connectivity index (χ3v) is 3.59. The first-order chi connectivity index (χ1) is 9.58. The topological polar surface area (TPSA) is 32.8 Å². The van der Waals surface area contributed by atoms with Gasteiger partial charge in [-0.15, -0.1) is 0 Å². The van der Waals surface area contributed by atoms with Gasteiger partial charge in [-0.1, -0.05) is 29.3 Å². The van der Waals surface area contributed by atoms with E-state index in [4.69, 9.17) is 4.74 Å². The highest BCUT2D eigenvalue weighted by Crippen LogP contribution is 2.13. The van der Waals surface area contributed by atoms with E-state index in [-0.39, 0.29) is 6.09 Å². The minimum Gasteiger partial charge on any atom is -0.450 e. The van der Waals surface area contributed by atoms with Crippen molar-refractivity contribution in [3.63, 3.8) is 0 Å². The summed E-state index contributed by atoms with van der Waals surface area (Å²) in [5.74, 6) is 0. The number of aryl methyl sites for hydroxylation is 2. The van der Waals surface area contributed by atoms with Gasteiger partial charge in [0.15, 0.2) is 0 Å². The van der Waals surface area contributed by atoms with Crippen LogP contribution in [0.2, 0.25) is 0 Å². The lowest BCUT2D eigenvalue weighted by Gasteiger charge is -2.34. The van der Waals surface area contributed by atoms with E-state index in [1.165, 1.54) is 16.7 Å². The van der Waals surface area contributed by atoms with E-state index in [1.807, 2.05) is 6.92 Å². The number of ether oxygens (including phenoxy) is 1. The second-order valence-corrected chi connectivity index (χ2v) is 5.46. The van der Waals surface area contributed by atoms with Crippen LogP contribution in [-0.4, -0.2) is 48.7 Å². The van der Waals surface area contributed by atoms with Gasteiger partial charge in [0.1, 0.15) is 0 Å². The second-order valence-electron chi connectivity index (χ2n) is 5.46. The molecule has 20 heavy (non-hydrogen) atoms. The van der Waals surface area contributed by atoms with E-state index in [2.05, 4.69) is 36.9 Å². The Hall–Kier alpha value is -1.55. The van der Waals surface area contributed by atoms with Gasteiger partial charge < -0.3 is 9.64 Å². The Morgan fingerprint density at radius 2 is 1.70 bits per heavy atom. The van der Waals surface area contributed by atoms with Crippen LogP contribution in [0.4, 0.5) is 4.79 Å². The summed E-state index contributed by atoms with van der Waals surface area (Å²) in [6.07, 6.45) is -0.182. The van der Waals surface area contributed by atoms with Crippen LogP contribution in [0.15, 0.2) is 18.2 Å². The molecule has 110 valence electrons. The van der Waals surface area contributed by atoms with Crippen molar-refractivity contribution in [3.8, 4) is 0 Å². The van der Waals surface area contributed by atoms with E-state index < -0.39 is 0 Å². The number of carbonyl (C=O) groups is 1. The number of piperazine rings is 1. The predicted molar refractivity (Wildman–Crippen MR) is 79.8 cm³/mol. The van der Waals surface area contributed by atoms with Crippen molar-refractivity contribution in [2.24, 2.45) is 0 Å². The summed E-state index contributed by atoms with van der Waals surface area (Å²) < 4.78 is 5.03. The summed E-state index contributed by atoms with van der Waals surface area (Å²) in [7, 11) is 0. The zero-order valence-corrected chi connectivity index (χ0v) is 12.7. The van der Waals surface area contributed by atoms with E-state index in [0.29, 0.717) is 6.61 Å². The van der Waals surface area contributed by atoms with Gasteiger partial charge in [0.2, 0.25) is 0 Å². The largest absolute Gasteiger partial charge is 0.450 e. The number of benzene rings is 1. The third-order valence-electron chi connectivity index (χ3n) is 3.59. The van der Waals surface area contributed by atoms with Crippen molar-refractivity contribution in [3.05, 3.63) is 34.9 Å². The summed E-state index contributed by atoms with van der Waals surface area (Å²) in [5, 5.41) is 0. The van der Waals surface area contributed by atoms with Gasteiger partial charge in [-0.25, -0.2) is 4.79 Å². The molecule has 1 heterocycles. The average molecular weight is 276 g/mol. The van der Waals surface area contributed by atoms with Crippen LogP contribution in [0.3, 0.4) is 0 Å². The molecule has 0 aliphatic carbocycles. The Morgan fingerprint density at radius 3 is 2.25 bits per heavy atom. The summed E-state index contributed by atoms with van der Waals surface area (Å²) in [6, 6.07) is 6.68. The Bertz CT molecular complexity index is 445. The van der Waals surface area contributed by atoms with Gasteiger partial charge in [-0.3, -0.25) is 4.90 Å². The van der Waals surface area contributed by atoms with Crippen molar-refractivity contribution < 1.29 is 9.53 Å². The minimum atomic E-state index is -0.182. The molecule has 0 radical (unpaired) electrons. The molecule has 0 bridgehead atoms. The molecular formula is C16H24N2O2. The van der Waals surface area contributed by atoms with Crippen LogP contribution >= 0.6 is 0 Å². The maximum absolute atomic E-state index is 11.6. The molecule has 0 saturated carbocycles. The highest BCUT2D eigenvalue weighted by molar-refractivity contribution is 5.67. The van der Waals surface area contributed by atoms with Crippen LogP contribution in [0.25, 0.3) is 0 Å². The van der Waals surface area contributed by atoms with E-state index in [9.17, 15) is 4.79 Å². The molecule has 1 aliphatic heterocycles. The van der Waals surface area contributed by atoms with E-state index in [1.54, 1.807) is 4.90 Å². The standard InChI is InChI=1S/C16H24N2O2/c1-4-20-16(19)18-7-5-17(6-8-18)12-15-10-13(2)9-14(3)11-15/h9-11H,4-8,12H2,1-3H3. The Balaban J connectivity index is 1.86. The van der Waals surface area contributed by atoms with Gasteiger partial charge in [0.05, 0.1) is 6.61 Å². The third kappa shape index (κ3) is 3.97. The normalized spacial score (nSPS) is 16.2. The van der Waals surface area contributed by atoms with Crippen molar-refractivity contribution in [2.45, 2.75) is 27.3 Å². The second kappa shape index (κ2) is 6.75. The van der Waals surface area contributed by atoms with Gasteiger partial charge in [-0.2, -0.15) is 0 Å². The highest BCUT2D eigenvalue weighted by atomic mass is 16.6. The zero-order chi connectivity index (χ0) is 14.5. The molecule has 0 atom stereocenters. The molecule has 1 aromatic rings. The molecule has 2 rings (SSSR count). The minimum absolute atomic E-state index is 0.182. The molecule has 4 nitrogen and oxygen atoms in total. The molecule has 0 unspecified atom stereocenters. The van der Waals surface area contributed by atoms with E-state index in [0.717, 1.165) is 32.7 Å². The first-order valence-corrected chi connectivity index (χ1v) is 7.29. The van der Waals surface area contributed by atoms with Crippen molar-refractivity contribution in [1.29, 1.82) is 0 Å². The zero-order valence-electron chi connectivity index (χ0n) is 12.7. The molecule has 4 heteroatoms. The van der Waals surface area contributed by atoms with Crippen molar-refractivity contribution in [1.82, 2.24) is 9.80 Å². The monoisotopic (exact) mass is 276 g/mol. The SMILES string of the molecule is CCOC(=O)N1CCN(Cc2cc(C)cc(C)c2)CC1. The number of hydrogen-bond donors (Lipinski definition) is 0. The quantitative estimate of drug-likeness (QED) is 0.850. The fourth-order valence-corrected chi connectivity index (χ4v) is 2.72. The molecule has 0 N–H and O–H groups in total.